The molecule has 0 aromatic heterocycles. The Morgan fingerprint density at radius 2 is 2.10 bits per heavy atom. The van der Waals surface area contributed by atoms with Gasteiger partial charge in [0.05, 0.1) is 4.90 Å². The van der Waals surface area contributed by atoms with Gasteiger partial charge in [-0.05, 0) is 50.4 Å². The van der Waals surface area contributed by atoms with Crippen LogP contribution in [0, 0.1) is 12.8 Å². The van der Waals surface area contributed by atoms with E-state index in [0.717, 1.165) is 31.5 Å². The lowest BCUT2D eigenvalue weighted by Crippen LogP contribution is -2.43. The van der Waals surface area contributed by atoms with Crippen LogP contribution in [0.2, 0.25) is 0 Å². The highest BCUT2D eigenvalue weighted by Crippen LogP contribution is 2.25. The number of hydrogen-bond donors (Lipinski definition) is 1. The van der Waals surface area contributed by atoms with Crippen molar-refractivity contribution in [2.45, 2.75) is 31.6 Å². The molecule has 1 atom stereocenters. The van der Waals surface area contributed by atoms with E-state index in [1.807, 2.05) is 19.1 Å². The molecule has 2 rings (SSSR count). The van der Waals surface area contributed by atoms with Crippen molar-refractivity contribution in [2.75, 3.05) is 26.2 Å². The molecule has 0 spiro atoms. The summed E-state index contributed by atoms with van der Waals surface area (Å²) in [6, 6.07) is 7.23. The van der Waals surface area contributed by atoms with Crippen LogP contribution in [0.1, 0.15) is 25.3 Å². The van der Waals surface area contributed by atoms with Gasteiger partial charge in [0.1, 0.15) is 0 Å². The van der Waals surface area contributed by atoms with Crippen LogP contribution in [0.5, 0.6) is 0 Å². The van der Waals surface area contributed by atoms with Gasteiger partial charge in [-0.25, -0.2) is 8.42 Å². The molecule has 0 bridgehead atoms. The number of rotatable bonds is 5. The van der Waals surface area contributed by atoms with Gasteiger partial charge >= 0.3 is 0 Å². The third-order valence-corrected chi connectivity index (χ3v) is 5.90. The van der Waals surface area contributed by atoms with Gasteiger partial charge < -0.3 is 5.32 Å². The summed E-state index contributed by atoms with van der Waals surface area (Å²) in [6.07, 6.45) is 2.05. The molecule has 5 heteroatoms. The molecule has 1 aliphatic rings. The molecule has 1 heterocycles. The Bertz CT molecular complexity index is 543. The van der Waals surface area contributed by atoms with Gasteiger partial charge in [-0.2, -0.15) is 4.31 Å². The van der Waals surface area contributed by atoms with Crippen molar-refractivity contribution in [1.82, 2.24) is 9.62 Å². The molecule has 1 saturated heterocycles. The number of aryl methyl sites for hydroxylation is 1. The fourth-order valence-electron chi connectivity index (χ4n) is 2.75. The molecular weight excluding hydrogens is 272 g/mol. The molecule has 1 N–H and O–H groups in total. The lowest BCUT2D eigenvalue weighted by atomic mass is 10.00. The van der Waals surface area contributed by atoms with E-state index in [4.69, 9.17) is 0 Å². The van der Waals surface area contributed by atoms with E-state index in [-0.39, 0.29) is 0 Å². The van der Waals surface area contributed by atoms with Crippen LogP contribution in [0.15, 0.2) is 29.2 Å². The summed E-state index contributed by atoms with van der Waals surface area (Å²) < 4.78 is 27.1. The number of sulfonamides is 1. The van der Waals surface area contributed by atoms with E-state index < -0.39 is 10.0 Å². The molecule has 1 aromatic carbocycles. The average molecular weight is 296 g/mol. The number of piperidine rings is 1. The summed E-state index contributed by atoms with van der Waals surface area (Å²) in [6.45, 7) is 7.03. The second kappa shape index (κ2) is 6.70. The molecular formula is C15H24N2O2S. The molecule has 1 fully saturated rings. The maximum Gasteiger partial charge on any atom is 0.243 e. The van der Waals surface area contributed by atoms with Crippen molar-refractivity contribution in [3.63, 3.8) is 0 Å². The maximum atomic E-state index is 12.7. The predicted octanol–water partition coefficient (Wildman–Crippen LogP) is 2.01. The molecule has 1 aliphatic heterocycles. The highest BCUT2D eigenvalue weighted by atomic mass is 32.2. The second-order valence-corrected chi connectivity index (χ2v) is 7.35. The highest BCUT2D eigenvalue weighted by Gasteiger charge is 2.30. The van der Waals surface area contributed by atoms with Crippen LogP contribution in [-0.2, 0) is 10.0 Å². The average Bonchev–Trinajstić information content (AvgIpc) is 2.45. The molecule has 112 valence electrons. The van der Waals surface area contributed by atoms with Crippen LogP contribution < -0.4 is 5.32 Å². The fraction of sp³-hybridized carbons (Fsp3) is 0.600. The number of nitrogens with one attached hydrogen (secondary N) is 1. The second-order valence-electron chi connectivity index (χ2n) is 5.44. The van der Waals surface area contributed by atoms with Gasteiger partial charge in [0.25, 0.3) is 0 Å². The first-order valence-corrected chi connectivity index (χ1v) is 8.76. The number of nitrogens with zero attached hydrogens (tertiary/aromatic N) is 1. The molecule has 0 saturated carbocycles. The Morgan fingerprint density at radius 1 is 1.35 bits per heavy atom. The zero-order valence-electron chi connectivity index (χ0n) is 12.3. The summed E-state index contributed by atoms with van der Waals surface area (Å²) in [5.41, 5.74) is 0.821. The highest BCUT2D eigenvalue weighted by molar-refractivity contribution is 7.89. The SMILES string of the molecule is CCNCC1CCCN(S(=O)(=O)c2ccccc2C)C1. The Hall–Kier alpha value is -0.910. The third kappa shape index (κ3) is 3.40. The van der Waals surface area contributed by atoms with Gasteiger partial charge in [0.15, 0.2) is 0 Å². The first-order valence-electron chi connectivity index (χ1n) is 7.32. The van der Waals surface area contributed by atoms with Crippen LogP contribution >= 0.6 is 0 Å². The zero-order valence-corrected chi connectivity index (χ0v) is 13.1. The summed E-state index contributed by atoms with van der Waals surface area (Å²) in [7, 11) is -3.35. The standard InChI is InChI=1S/C15H24N2O2S/c1-3-16-11-14-8-6-10-17(12-14)20(18,19)15-9-5-4-7-13(15)2/h4-5,7,9,14,16H,3,6,8,10-12H2,1-2H3. The summed E-state index contributed by atoms with van der Waals surface area (Å²) in [5.74, 6) is 0.419. The van der Waals surface area contributed by atoms with Crippen molar-refractivity contribution in [3.05, 3.63) is 29.8 Å². The van der Waals surface area contributed by atoms with E-state index in [2.05, 4.69) is 12.2 Å². The van der Waals surface area contributed by atoms with Crippen molar-refractivity contribution in [3.8, 4) is 0 Å². The van der Waals surface area contributed by atoms with E-state index in [1.54, 1.807) is 16.4 Å². The van der Waals surface area contributed by atoms with Gasteiger partial charge in [-0.3, -0.25) is 0 Å². The maximum absolute atomic E-state index is 12.7. The smallest absolute Gasteiger partial charge is 0.243 e. The van der Waals surface area contributed by atoms with E-state index in [0.29, 0.717) is 23.9 Å². The van der Waals surface area contributed by atoms with Crippen molar-refractivity contribution in [1.29, 1.82) is 0 Å². The fourth-order valence-corrected chi connectivity index (χ4v) is 4.53. The lowest BCUT2D eigenvalue weighted by Gasteiger charge is -2.32. The van der Waals surface area contributed by atoms with Crippen molar-refractivity contribution >= 4 is 10.0 Å². The first kappa shape index (κ1) is 15.5. The monoisotopic (exact) mass is 296 g/mol. The van der Waals surface area contributed by atoms with Crippen LogP contribution in [0.25, 0.3) is 0 Å². The van der Waals surface area contributed by atoms with Gasteiger partial charge in [0, 0.05) is 13.1 Å². The molecule has 1 unspecified atom stereocenters. The minimum Gasteiger partial charge on any atom is -0.317 e. The summed E-state index contributed by atoms with van der Waals surface area (Å²) in [4.78, 5) is 0.448. The summed E-state index contributed by atoms with van der Waals surface area (Å²) >= 11 is 0. The molecule has 0 amide bonds. The predicted molar refractivity (Wildman–Crippen MR) is 81.2 cm³/mol. The molecule has 0 aliphatic carbocycles. The Labute approximate surface area is 122 Å². The van der Waals surface area contributed by atoms with E-state index in [1.165, 1.54) is 0 Å². The molecule has 0 radical (unpaired) electrons. The molecule has 20 heavy (non-hydrogen) atoms. The van der Waals surface area contributed by atoms with E-state index in [9.17, 15) is 8.42 Å². The third-order valence-electron chi connectivity index (χ3n) is 3.88. The van der Waals surface area contributed by atoms with Crippen LogP contribution in [0.3, 0.4) is 0 Å². The lowest BCUT2D eigenvalue weighted by molar-refractivity contribution is 0.261. The molecule has 4 nitrogen and oxygen atoms in total. The Kier molecular flexibility index (Phi) is 5.18. The number of benzene rings is 1. The van der Waals surface area contributed by atoms with Gasteiger partial charge in [-0.1, -0.05) is 25.1 Å². The quantitative estimate of drug-likeness (QED) is 0.904. The van der Waals surface area contributed by atoms with Crippen molar-refractivity contribution in [2.24, 2.45) is 5.92 Å². The first-order chi connectivity index (χ1) is 9.55. The topological polar surface area (TPSA) is 49.4 Å². The van der Waals surface area contributed by atoms with Crippen molar-refractivity contribution < 1.29 is 8.42 Å². The molecule has 1 aromatic rings. The Balaban J connectivity index is 2.15. The van der Waals surface area contributed by atoms with Crippen LogP contribution in [0.4, 0.5) is 0 Å². The largest absolute Gasteiger partial charge is 0.317 e. The number of hydrogen-bond acceptors (Lipinski definition) is 3. The minimum absolute atomic E-state index is 0.419. The Morgan fingerprint density at radius 3 is 2.80 bits per heavy atom. The van der Waals surface area contributed by atoms with Gasteiger partial charge in [-0.15, -0.1) is 0 Å². The zero-order chi connectivity index (χ0) is 14.6. The normalized spacial score (nSPS) is 21.0. The summed E-state index contributed by atoms with van der Waals surface area (Å²) in [5, 5.41) is 3.32. The van der Waals surface area contributed by atoms with Gasteiger partial charge in [0.2, 0.25) is 10.0 Å². The van der Waals surface area contributed by atoms with E-state index >= 15 is 0 Å². The van der Waals surface area contributed by atoms with Crippen LogP contribution in [-0.4, -0.2) is 38.9 Å². The minimum atomic E-state index is -3.35.